The van der Waals surface area contributed by atoms with Gasteiger partial charge in [-0.15, -0.1) is 0 Å². The quantitative estimate of drug-likeness (QED) is 0.243. The highest BCUT2D eigenvalue weighted by atomic mass is 79.9. The second kappa shape index (κ2) is 8.64. The van der Waals surface area contributed by atoms with Gasteiger partial charge in [0.1, 0.15) is 0 Å². The van der Waals surface area contributed by atoms with Gasteiger partial charge in [0.15, 0.2) is 0 Å². The molecule has 4 aromatic carbocycles. The molecule has 0 spiro atoms. The minimum Gasteiger partial charge on any atom is -0.310 e. The number of hydrogen-bond donors (Lipinski definition) is 0. The molecule has 0 atom stereocenters. The van der Waals surface area contributed by atoms with Crippen LogP contribution in [0.2, 0.25) is 0 Å². The monoisotopic (exact) mass is 477 g/mol. The third-order valence-electron chi connectivity index (χ3n) is 6.01. The zero-order chi connectivity index (χ0) is 22.1. The number of halogens is 1. The number of allylic oxidation sites excluding steroid dienone is 1. The van der Waals surface area contributed by atoms with Gasteiger partial charge in [-0.1, -0.05) is 94.8 Å². The van der Waals surface area contributed by atoms with Crippen molar-refractivity contribution in [2.45, 2.75) is 13.8 Å². The first-order valence-corrected chi connectivity index (χ1v) is 11.7. The van der Waals surface area contributed by atoms with E-state index in [1.54, 1.807) is 0 Å². The summed E-state index contributed by atoms with van der Waals surface area (Å²) >= 11 is 3.74. The van der Waals surface area contributed by atoms with E-state index in [9.17, 15) is 0 Å². The Labute approximate surface area is 197 Å². The molecule has 0 aliphatic heterocycles. The van der Waals surface area contributed by atoms with E-state index < -0.39 is 0 Å². The second-order valence-corrected chi connectivity index (χ2v) is 8.79. The minimum absolute atomic E-state index is 1.10. The molecule has 1 nitrogen and oxygen atoms in total. The number of nitrogens with zero attached hydrogens (tertiary/aromatic N) is 1. The van der Waals surface area contributed by atoms with Crippen LogP contribution in [0.4, 0.5) is 0 Å². The maximum Gasteiger partial charge on any atom is 0.0543 e. The van der Waals surface area contributed by atoms with Crippen molar-refractivity contribution in [3.8, 4) is 27.9 Å². The lowest BCUT2D eigenvalue weighted by Gasteiger charge is -2.13. The van der Waals surface area contributed by atoms with Gasteiger partial charge in [0.2, 0.25) is 0 Å². The van der Waals surface area contributed by atoms with Crippen LogP contribution in [0.15, 0.2) is 108 Å². The molecule has 32 heavy (non-hydrogen) atoms. The lowest BCUT2D eigenvalue weighted by Crippen LogP contribution is -1.97. The Morgan fingerprint density at radius 3 is 2.09 bits per heavy atom. The second-order valence-electron chi connectivity index (χ2n) is 7.94. The Kier molecular flexibility index (Phi) is 5.55. The SMILES string of the molecule is C/C=C\c1c(C)c2ccc(-c3ccccc3-c3ccccc3Br)cc2n1-c1ccccc1. The van der Waals surface area contributed by atoms with Crippen LogP contribution in [0.25, 0.3) is 44.9 Å². The molecule has 1 aromatic heterocycles. The van der Waals surface area contributed by atoms with E-state index in [-0.39, 0.29) is 0 Å². The highest BCUT2D eigenvalue weighted by molar-refractivity contribution is 9.10. The zero-order valence-electron chi connectivity index (χ0n) is 18.2. The van der Waals surface area contributed by atoms with Gasteiger partial charge in [0, 0.05) is 21.2 Å². The standard InChI is InChI=1S/C30H24BrN/c1-3-11-29-21(2)24-19-18-22(20-30(24)32(29)23-12-5-4-6-13-23)25-14-7-8-15-26(25)27-16-9-10-17-28(27)31/h3-20H,1-2H3/b11-3-. The molecule has 0 aliphatic rings. The first kappa shape index (κ1) is 20.5. The van der Waals surface area contributed by atoms with E-state index in [4.69, 9.17) is 0 Å². The van der Waals surface area contributed by atoms with Crippen molar-refractivity contribution in [1.82, 2.24) is 4.57 Å². The summed E-state index contributed by atoms with van der Waals surface area (Å²) in [5.74, 6) is 0. The van der Waals surface area contributed by atoms with E-state index in [1.165, 1.54) is 50.1 Å². The average molecular weight is 478 g/mol. The summed E-state index contributed by atoms with van der Waals surface area (Å²) in [6.45, 7) is 4.29. The largest absolute Gasteiger partial charge is 0.310 e. The Balaban J connectivity index is 1.78. The molecule has 5 aromatic rings. The summed E-state index contributed by atoms with van der Waals surface area (Å²) in [6.07, 6.45) is 4.32. The van der Waals surface area contributed by atoms with Crippen molar-refractivity contribution in [3.63, 3.8) is 0 Å². The lowest BCUT2D eigenvalue weighted by atomic mass is 9.94. The van der Waals surface area contributed by atoms with Gasteiger partial charge in [-0.05, 0) is 72.0 Å². The van der Waals surface area contributed by atoms with Crippen molar-refractivity contribution in [2.75, 3.05) is 0 Å². The van der Waals surface area contributed by atoms with E-state index in [0.717, 1.165) is 4.47 Å². The fourth-order valence-electron chi connectivity index (χ4n) is 4.50. The van der Waals surface area contributed by atoms with E-state index in [1.807, 2.05) is 0 Å². The molecule has 0 unspecified atom stereocenters. The van der Waals surface area contributed by atoms with Gasteiger partial charge in [-0.3, -0.25) is 0 Å². The average Bonchev–Trinajstić information content (AvgIpc) is 3.11. The summed E-state index contributed by atoms with van der Waals surface area (Å²) in [4.78, 5) is 0. The molecule has 2 heteroatoms. The van der Waals surface area contributed by atoms with Crippen molar-refractivity contribution < 1.29 is 0 Å². The van der Waals surface area contributed by atoms with Crippen LogP contribution in [-0.2, 0) is 0 Å². The molecular weight excluding hydrogens is 454 g/mol. The molecule has 156 valence electrons. The van der Waals surface area contributed by atoms with Crippen LogP contribution in [0.3, 0.4) is 0 Å². The van der Waals surface area contributed by atoms with Crippen molar-refractivity contribution >= 4 is 32.9 Å². The van der Waals surface area contributed by atoms with Gasteiger partial charge >= 0.3 is 0 Å². The number of benzene rings is 4. The molecule has 0 aliphatic carbocycles. The first-order chi connectivity index (χ1) is 15.7. The molecular formula is C30H24BrN. The number of hydrogen-bond acceptors (Lipinski definition) is 0. The predicted octanol–water partition coefficient (Wildman–Crippen LogP) is 9.07. The number of fused-ring (bicyclic) bond motifs is 1. The van der Waals surface area contributed by atoms with Gasteiger partial charge < -0.3 is 4.57 Å². The summed E-state index contributed by atoms with van der Waals surface area (Å²) in [5, 5.41) is 1.28. The van der Waals surface area contributed by atoms with Crippen molar-refractivity contribution in [3.05, 3.63) is 119 Å². The van der Waals surface area contributed by atoms with Gasteiger partial charge in [0.25, 0.3) is 0 Å². The normalized spacial score (nSPS) is 11.5. The Morgan fingerprint density at radius 1 is 0.719 bits per heavy atom. The molecule has 0 bridgehead atoms. The zero-order valence-corrected chi connectivity index (χ0v) is 19.8. The summed E-state index contributed by atoms with van der Waals surface area (Å²) in [6, 6.07) is 34.5. The number of aromatic nitrogens is 1. The molecule has 0 saturated carbocycles. The van der Waals surface area contributed by atoms with Crippen molar-refractivity contribution in [2.24, 2.45) is 0 Å². The summed E-state index contributed by atoms with van der Waals surface area (Å²) < 4.78 is 3.47. The molecule has 0 radical (unpaired) electrons. The fraction of sp³-hybridized carbons (Fsp3) is 0.0667. The van der Waals surface area contributed by atoms with Gasteiger partial charge in [-0.25, -0.2) is 0 Å². The molecule has 0 N–H and O–H groups in total. The molecule has 0 saturated heterocycles. The lowest BCUT2D eigenvalue weighted by molar-refractivity contribution is 1.10. The minimum atomic E-state index is 1.10. The Bertz CT molecular complexity index is 1440. The van der Waals surface area contributed by atoms with Crippen LogP contribution >= 0.6 is 15.9 Å². The summed E-state index contributed by atoms with van der Waals surface area (Å²) in [7, 11) is 0. The van der Waals surface area contributed by atoms with E-state index in [2.05, 4.69) is 144 Å². The highest BCUT2D eigenvalue weighted by Gasteiger charge is 2.16. The van der Waals surface area contributed by atoms with E-state index in [0.29, 0.717) is 0 Å². The highest BCUT2D eigenvalue weighted by Crippen LogP contribution is 2.38. The van der Waals surface area contributed by atoms with Crippen LogP contribution < -0.4 is 0 Å². The number of para-hydroxylation sites is 1. The topological polar surface area (TPSA) is 4.93 Å². The predicted molar refractivity (Wildman–Crippen MR) is 141 cm³/mol. The van der Waals surface area contributed by atoms with Gasteiger partial charge in [0.05, 0.1) is 5.52 Å². The third kappa shape index (κ3) is 3.51. The molecule has 0 amide bonds. The van der Waals surface area contributed by atoms with Crippen LogP contribution in [-0.4, -0.2) is 4.57 Å². The molecule has 5 rings (SSSR count). The van der Waals surface area contributed by atoms with Crippen LogP contribution in [0, 0.1) is 6.92 Å². The van der Waals surface area contributed by atoms with Crippen LogP contribution in [0.5, 0.6) is 0 Å². The van der Waals surface area contributed by atoms with Crippen LogP contribution in [0.1, 0.15) is 18.2 Å². The van der Waals surface area contributed by atoms with E-state index >= 15 is 0 Å². The summed E-state index contributed by atoms with van der Waals surface area (Å²) in [5.41, 5.74) is 9.79. The maximum atomic E-state index is 3.74. The Morgan fingerprint density at radius 2 is 1.38 bits per heavy atom. The first-order valence-electron chi connectivity index (χ1n) is 10.9. The van der Waals surface area contributed by atoms with Gasteiger partial charge in [-0.2, -0.15) is 0 Å². The molecule has 1 heterocycles. The molecule has 0 fully saturated rings. The van der Waals surface area contributed by atoms with Crippen molar-refractivity contribution in [1.29, 1.82) is 0 Å². The third-order valence-corrected chi connectivity index (χ3v) is 6.70. The number of rotatable bonds is 4. The maximum absolute atomic E-state index is 3.74. The fourth-order valence-corrected chi connectivity index (χ4v) is 5.00. The number of aryl methyl sites for hydroxylation is 1. The smallest absolute Gasteiger partial charge is 0.0543 e. The Hall–Kier alpha value is -3.36.